The minimum absolute atomic E-state index is 0.0190. The molecule has 0 unspecified atom stereocenters. The molecule has 0 aromatic carbocycles. The maximum absolute atomic E-state index is 12.0. The number of aromatic amines is 1. The molecular formula is C18H18N6O. The van der Waals surface area contributed by atoms with E-state index < -0.39 is 0 Å². The minimum Gasteiger partial charge on any atom is -0.370 e. The van der Waals surface area contributed by atoms with Crippen molar-refractivity contribution in [3.05, 3.63) is 30.9 Å². The number of amides is 1. The first kappa shape index (κ1) is 15.4. The minimum atomic E-state index is -0.0264. The fourth-order valence-corrected chi connectivity index (χ4v) is 3.55. The fraction of sp³-hybridized carbons (Fsp3) is 0.333. The summed E-state index contributed by atoms with van der Waals surface area (Å²) in [6.07, 6.45) is 9.01. The van der Waals surface area contributed by atoms with Gasteiger partial charge in [-0.3, -0.25) is 9.78 Å². The first-order valence-corrected chi connectivity index (χ1v) is 8.37. The maximum atomic E-state index is 12.0. The van der Waals surface area contributed by atoms with Gasteiger partial charge in [-0.1, -0.05) is 0 Å². The van der Waals surface area contributed by atoms with Crippen LogP contribution in [0.15, 0.2) is 30.9 Å². The number of rotatable bonds is 3. The Morgan fingerprint density at radius 2 is 2.20 bits per heavy atom. The molecule has 0 saturated carbocycles. The van der Waals surface area contributed by atoms with Crippen molar-refractivity contribution in [2.24, 2.45) is 5.92 Å². The molecule has 7 heteroatoms. The first-order chi connectivity index (χ1) is 12.3. The highest BCUT2D eigenvalue weighted by atomic mass is 16.1. The summed E-state index contributed by atoms with van der Waals surface area (Å²) in [6, 6.07) is 3.99. The highest BCUT2D eigenvalue weighted by Crippen LogP contribution is 2.33. The molecule has 0 atom stereocenters. The SMILES string of the molecule is N#CCNC(=O)C1CCN(c2cncc3cnc4[nH]ccc4c23)CC1. The lowest BCUT2D eigenvalue weighted by Crippen LogP contribution is -2.40. The first-order valence-electron chi connectivity index (χ1n) is 8.37. The standard InChI is InChI=1S/C18H18N6O/c19-4-6-22-18(25)12-2-7-24(8-3-12)15-11-20-9-13-10-23-17-14(16(13)15)1-5-21-17/h1,5,9-12H,2-3,6-8H2,(H,21,23)(H,22,25). The number of fused-ring (bicyclic) bond motifs is 3. The Morgan fingerprint density at radius 3 is 3.00 bits per heavy atom. The molecule has 126 valence electrons. The summed E-state index contributed by atoms with van der Waals surface area (Å²) in [5.41, 5.74) is 1.95. The monoisotopic (exact) mass is 334 g/mol. The third-order valence-electron chi connectivity index (χ3n) is 4.83. The highest BCUT2D eigenvalue weighted by Gasteiger charge is 2.26. The lowest BCUT2D eigenvalue weighted by molar-refractivity contribution is -0.125. The number of piperidine rings is 1. The number of pyridine rings is 2. The zero-order valence-electron chi connectivity index (χ0n) is 13.7. The third-order valence-corrected chi connectivity index (χ3v) is 4.83. The van der Waals surface area contributed by atoms with Gasteiger partial charge in [0, 0.05) is 53.8 Å². The van der Waals surface area contributed by atoms with Crippen molar-refractivity contribution in [2.75, 3.05) is 24.5 Å². The van der Waals surface area contributed by atoms with Crippen molar-refractivity contribution in [3.8, 4) is 6.07 Å². The predicted octanol–water partition coefficient (Wildman–Crippen LogP) is 1.97. The summed E-state index contributed by atoms with van der Waals surface area (Å²) in [5, 5.41) is 14.5. The van der Waals surface area contributed by atoms with Gasteiger partial charge in [0.25, 0.3) is 0 Å². The fourth-order valence-electron chi connectivity index (χ4n) is 3.55. The number of hydrogen-bond acceptors (Lipinski definition) is 5. The molecule has 0 aliphatic carbocycles. The van der Waals surface area contributed by atoms with Gasteiger partial charge in [-0.2, -0.15) is 5.26 Å². The topological polar surface area (TPSA) is 97.7 Å². The Hall–Kier alpha value is -3.14. The molecule has 4 rings (SSSR count). The summed E-state index contributed by atoms with van der Waals surface area (Å²) in [4.78, 5) is 26.3. The zero-order chi connectivity index (χ0) is 17.2. The lowest BCUT2D eigenvalue weighted by Gasteiger charge is -2.33. The number of carbonyl (C=O) groups is 1. The number of nitrogens with one attached hydrogen (secondary N) is 2. The number of aromatic nitrogens is 3. The summed E-state index contributed by atoms with van der Waals surface area (Å²) in [6.45, 7) is 1.66. The van der Waals surface area contributed by atoms with Crippen molar-refractivity contribution in [2.45, 2.75) is 12.8 Å². The smallest absolute Gasteiger partial charge is 0.224 e. The van der Waals surface area contributed by atoms with Crippen LogP contribution in [-0.2, 0) is 4.79 Å². The summed E-state index contributed by atoms with van der Waals surface area (Å²) in [7, 11) is 0. The summed E-state index contributed by atoms with van der Waals surface area (Å²) < 4.78 is 0. The van der Waals surface area contributed by atoms with Crippen LogP contribution in [0.4, 0.5) is 5.69 Å². The maximum Gasteiger partial charge on any atom is 0.224 e. The average Bonchev–Trinajstić information content (AvgIpc) is 3.15. The van der Waals surface area contributed by atoms with Crippen molar-refractivity contribution >= 4 is 33.4 Å². The van der Waals surface area contributed by atoms with Gasteiger partial charge in [-0.15, -0.1) is 0 Å². The molecule has 2 N–H and O–H groups in total. The van der Waals surface area contributed by atoms with E-state index in [1.54, 1.807) is 0 Å². The molecule has 0 spiro atoms. The molecule has 1 amide bonds. The van der Waals surface area contributed by atoms with Crippen LogP contribution in [0.25, 0.3) is 21.8 Å². The van der Waals surface area contributed by atoms with Crippen molar-refractivity contribution < 1.29 is 4.79 Å². The van der Waals surface area contributed by atoms with E-state index in [0.717, 1.165) is 53.4 Å². The van der Waals surface area contributed by atoms with Gasteiger partial charge >= 0.3 is 0 Å². The molecule has 0 bridgehead atoms. The second-order valence-electron chi connectivity index (χ2n) is 6.26. The third kappa shape index (κ3) is 2.76. The van der Waals surface area contributed by atoms with E-state index in [0.29, 0.717) is 0 Å². The molecule has 3 aromatic heterocycles. The Kier molecular flexibility index (Phi) is 3.94. The number of anilines is 1. The molecule has 1 aliphatic heterocycles. The number of H-pyrrole nitrogens is 1. The van der Waals surface area contributed by atoms with Crippen LogP contribution in [-0.4, -0.2) is 40.5 Å². The predicted molar refractivity (Wildman–Crippen MR) is 95.0 cm³/mol. The second-order valence-corrected chi connectivity index (χ2v) is 6.26. The van der Waals surface area contributed by atoms with Gasteiger partial charge in [0.05, 0.1) is 18.0 Å². The quantitative estimate of drug-likeness (QED) is 0.714. The van der Waals surface area contributed by atoms with Crippen molar-refractivity contribution in [1.29, 1.82) is 5.26 Å². The van der Waals surface area contributed by atoms with Gasteiger partial charge in [-0.25, -0.2) is 4.98 Å². The van der Waals surface area contributed by atoms with Gasteiger partial charge in [0.1, 0.15) is 12.2 Å². The normalized spacial score (nSPS) is 15.4. The number of nitrogens with zero attached hydrogens (tertiary/aromatic N) is 4. The Labute approximate surface area is 144 Å². The van der Waals surface area contributed by atoms with E-state index in [2.05, 4.69) is 25.2 Å². The van der Waals surface area contributed by atoms with Crippen LogP contribution in [0.5, 0.6) is 0 Å². The molecule has 0 radical (unpaired) electrons. The van der Waals surface area contributed by atoms with Crippen LogP contribution in [0.1, 0.15) is 12.8 Å². The van der Waals surface area contributed by atoms with Crippen LogP contribution < -0.4 is 10.2 Å². The highest BCUT2D eigenvalue weighted by molar-refractivity contribution is 6.10. The van der Waals surface area contributed by atoms with E-state index in [4.69, 9.17) is 5.26 Å². The van der Waals surface area contributed by atoms with E-state index in [1.807, 2.05) is 36.9 Å². The largest absolute Gasteiger partial charge is 0.370 e. The number of nitriles is 1. The van der Waals surface area contributed by atoms with Crippen molar-refractivity contribution in [1.82, 2.24) is 20.3 Å². The Balaban J connectivity index is 1.60. The Bertz CT molecular complexity index is 965. The van der Waals surface area contributed by atoms with Crippen LogP contribution in [0.3, 0.4) is 0 Å². The lowest BCUT2D eigenvalue weighted by atomic mass is 9.95. The molecule has 4 heterocycles. The van der Waals surface area contributed by atoms with Crippen LogP contribution >= 0.6 is 0 Å². The van der Waals surface area contributed by atoms with E-state index in [-0.39, 0.29) is 18.4 Å². The van der Waals surface area contributed by atoms with Gasteiger partial charge < -0.3 is 15.2 Å². The van der Waals surface area contributed by atoms with Gasteiger partial charge in [0.2, 0.25) is 5.91 Å². The molecule has 7 nitrogen and oxygen atoms in total. The van der Waals surface area contributed by atoms with Crippen LogP contribution in [0, 0.1) is 17.2 Å². The van der Waals surface area contributed by atoms with Gasteiger partial charge in [0.15, 0.2) is 0 Å². The van der Waals surface area contributed by atoms with E-state index in [9.17, 15) is 4.79 Å². The molecular weight excluding hydrogens is 316 g/mol. The molecule has 1 saturated heterocycles. The van der Waals surface area contributed by atoms with E-state index in [1.165, 1.54) is 0 Å². The summed E-state index contributed by atoms with van der Waals surface area (Å²) >= 11 is 0. The van der Waals surface area contributed by atoms with Gasteiger partial charge in [-0.05, 0) is 18.9 Å². The Morgan fingerprint density at radius 1 is 1.36 bits per heavy atom. The summed E-state index contributed by atoms with van der Waals surface area (Å²) in [5.74, 6) is -0.0454. The molecule has 3 aromatic rings. The van der Waals surface area contributed by atoms with Crippen LogP contribution in [0.2, 0.25) is 0 Å². The molecule has 1 aliphatic rings. The molecule has 25 heavy (non-hydrogen) atoms. The molecule has 1 fully saturated rings. The average molecular weight is 334 g/mol. The second kappa shape index (κ2) is 6.40. The van der Waals surface area contributed by atoms with Crippen molar-refractivity contribution in [3.63, 3.8) is 0 Å². The zero-order valence-corrected chi connectivity index (χ0v) is 13.7. The number of hydrogen-bond donors (Lipinski definition) is 2. The van der Waals surface area contributed by atoms with E-state index >= 15 is 0 Å². The number of carbonyl (C=O) groups excluding carboxylic acids is 1.